The number of halogens is 1. The number of nitrogens with zero attached hydrogens (tertiary/aromatic N) is 2. The number of carbonyl (C=O) groups is 1. The van der Waals surface area contributed by atoms with E-state index in [1.807, 2.05) is 34.1 Å². The topological polar surface area (TPSA) is 66.1 Å². The van der Waals surface area contributed by atoms with Crippen LogP contribution in [-0.2, 0) is 4.79 Å². The van der Waals surface area contributed by atoms with E-state index in [9.17, 15) is 9.18 Å². The van der Waals surface area contributed by atoms with Gasteiger partial charge in [-0.2, -0.15) is 0 Å². The summed E-state index contributed by atoms with van der Waals surface area (Å²) in [7, 11) is 3.24. The Labute approximate surface area is 175 Å². The Balaban J connectivity index is 1.36. The summed E-state index contributed by atoms with van der Waals surface area (Å²) in [6, 6.07) is 12.1. The second-order valence-electron chi connectivity index (χ2n) is 7.50. The van der Waals surface area contributed by atoms with Gasteiger partial charge in [0.2, 0.25) is 5.91 Å². The first-order chi connectivity index (χ1) is 14.6. The van der Waals surface area contributed by atoms with Crippen molar-refractivity contribution in [2.45, 2.75) is 18.5 Å². The Morgan fingerprint density at radius 1 is 1.03 bits per heavy atom. The van der Waals surface area contributed by atoms with Crippen molar-refractivity contribution in [2.24, 2.45) is 0 Å². The van der Waals surface area contributed by atoms with E-state index in [0.29, 0.717) is 38.3 Å². The van der Waals surface area contributed by atoms with E-state index >= 15 is 0 Å². The van der Waals surface area contributed by atoms with E-state index in [1.165, 1.54) is 6.07 Å². The van der Waals surface area contributed by atoms with Gasteiger partial charge in [0.05, 0.1) is 25.9 Å². The van der Waals surface area contributed by atoms with Crippen LogP contribution in [0.25, 0.3) is 0 Å². The number of hydrogen-bond donors (Lipinski definition) is 2. The maximum Gasteiger partial charge on any atom is 0.241 e. The minimum atomic E-state index is -0.318. The van der Waals surface area contributed by atoms with Crippen molar-refractivity contribution in [1.29, 1.82) is 0 Å². The second kappa shape index (κ2) is 8.89. The van der Waals surface area contributed by atoms with Gasteiger partial charge in [0, 0.05) is 37.8 Å². The number of methoxy groups -OCH3 is 2. The molecule has 2 N–H and O–H groups in total. The SMILES string of the molecule is COc1ccc(C2CC(C(=O)N3CCN(c4ccccc4F)CC3)NN2)c(OC)c1. The molecule has 2 aromatic carbocycles. The minimum Gasteiger partial charge on any atom is -0.497 e. The molecule has 2 saturated heterocycles. The van der Waals surface area contributed by atoms with Crippen LogP contribution in [0.5, 0.6) is 11.5 Å². The van der Waals surface area contributed by atoms with Crippen LogP contribution in [0.4, 0.5) is 10.1 Å². The first kappa shape index (κ1) is 20.4. The average molecular weight is 414 g/mol. The van der Waals surface area contributed by atoms with Gasteiger partial charge in [-0.15, -0.1) is 0 Å². The lowest BCUT2D eigenvalue weighted by Crippen LogP contribution is -2.53. The van der Waals surface area contributed by atoms with Gasteiger partial charge in [-0.25, -0.2) is 15.2 Å². The zero-order chi connectivity index (χ0) is 21.1. The van der Waals surface area contributed by atoms with Crippen LogP contribution in [0.2, 0.25) is 0 Å². The zero-order valence-corrected chi connectivity index (χ0v) is 17.2. The lowest BCUT2D eigenvalue weighted by Gasteiger charge is -2.37. The Morgan fingerprint density at radius 3 is 2.50 bits per heavy atom. The molecule has 0 spiro atoms. The molecule has 4 rings (SSSR count). The summed E-state index contributed by atoms with van der Waals surface area (Å²) in [5.74, 6) is 1.28. The number of para-hydroxylation sites is 1. The van der Waals surface area contributed by atoms with E-state index in [2.05, 4.69) is 10.9 Å². The number of ether oxygens (including phenoxy) is 2. The number of amides is 1. The van der Waals surface area contributed by atoms with Gasteiger partial charge in [-0.3, -0.25) is 4.79 Å². The zero-order valence-electron chi connectivity index (χ0n) is 17.2. The number of hydrazine groups is 1. The summed E-state index contributed by atoms with van der Waals surface area (Å²) in [5.41, 5.74) is 7.92. The van der Waals surface area contributed by atoms with E-state index in [1.54, 1.807) is 26.4 Å². The molecule has 8 heteroatoms. The third kappa shape index (κ3) is 4.06. The molecule has 2 heterocycles. The first-order valence-corrected chi connectivity index (χ1v) is 10.1. The summed E-state index contributed by atoms with van der Waals surface area (Å²) in [4.78, 5) is 16.9. The lowest BCUT2D eigenvalue weighted by molar-refractivity contribution is -0.133. The number of hydrogen-bond acceptors (Lipinski definition) is 6. The number of benzene rings is 2. The fourth-order valence-corrected chi connectivity index (χ4v) is 4.12. The number of rotatable bonds is 5. The highest BCUT2D eigenvalue weighted by Gasteiger charge is 2.35. The third-order valence-corrected chi connectivity index (χ3v) is 5.80. The molecule has 160 valence electrons. The third-order valence-electron chi connectivity index (χ3n) is 5.80. The van der Waals surface area contributed by atoms with E-state index in [-0.39, 0.29) is 23.8 Å². The number of carbonyl (C=O) groups excluding carboxylic acids is 1. The lowest BCUT2D eigenvalue weighted by atomic mass is 10.00. The predicted octanol–water partition coefficient (Wildman–Crippen LogP) is 2.10. The van der Waals surface area contributed by atoms with Crippen LogP contribution in [-0.4, -0.2) is 57.2 Å². The normalized spacial score (nSPS) is 21.6. The van der Waals surface area contributed by atoms with Gasteiger partial charge in [0.15, 0.2) is 0 Å². The Bertz CT molecular complexity index is 902. The summed E-state index contributed by atoms with van der Waals surface area (Å²) >= 11 is 0. The molecule has 2 aliphatic heterocycles. The quantitative estimate of drug-likeness (QED) is 0.781. The van der Waals surface area contributed by atoms with Crippen LogP contribution >= 0.6 is 0 Å². The summed E-state index contributed by atoms with van der Waals surface area (Å²) in [5, 5.41) is 0. The van der Waals surface area contributed by atoms with Crippen molar-refractivity contribution in [3.05, 3.63) is 53.8 Å². The maximum atomic E-state index is 14.0. The molecule has 2 fully saturated rings. The molecule has 2 atom stereocenters. The number of piperazine rings is 1. The Morgan fingerprint density at radius 2 is 1.80 bits per heavy atom. The second-order valence-corrected chi connectivity index (χ2v) is 7.50. The van der Waals surface area contributed by atoms with E-state index in [4.69, 9.17) is 9.47 Å². The smallest absolute Gasteiger partial charge is 0.241 e. The molecule has 1 amide bonds. The molecule has 2 aliphatic rings. The molecule has 0 radical (unpaired) electrons. The Hall–Kier alpha value is -2.84. The maximum absolute atomic E-state index is 14.0. The summed E-state index contributed by atoms with van der Waals surface area (Å²) < 4.78 is 24.8. The fourth-order valence-electron chi connectivity index (χ4n) is 4.12. The van der Waals surface area contributed by atoms with Crippen LogP contribution in [0, 0.1) is 5.82 Å². The number of anilines is 1. The highest BCUT2D eigenvalue weighted by Crippen LogP contribution is 2.33. The largest absolute Gasteiger partial charge is 0.497 e. The van der Waals surface area contributed by atoms with Crippen molar-refractivity contribution < 1.29 is 18.7 Å². The molecule has 7 nitrogen and oxygen atoms in total. The van der Waals surface area contributed by atoms with Crippen LogP contribution < -0.4 is 25.2 Å². The molecule has 0 aromatic heterocycles. The molecule has 0 aliphatic carbocycles. The summed E-state index contributed by atoms with van der Waals surface area (Å²) in [6.07, 6.45) is 0.620. The highest BCUT2D eigenvalue weighted by atomic mass is 19.1. The van der Waals surface area contributed by atoms with Crippen molar-refractivity contribution in [3.63, 3.8) is 0 Å². The minimum absolute atomic E-state index is 0.0421. The molecule has 2 unspecified atom stereocenters. The molecular weight excluding hydrogens is 387 g/mol. The van der Waals surface area contributed by atoms with Crippen LogP contribution in [0.3, 0.4) is 0 Å². The standard InChI is InChI=1S/C22H27FN4O3/c1-29-15-7-8-16(21(13-15)30-2)18-14-19(25-24-18)22(28)27-11-9-26(10-12-27)20-6-4-3-5-17(20)23/h3-8,13,18-19,24-25H,9-12,14H2,1-2H3. The van der Waals surface area contributed by atoms with Gasteiger partial charge in [0.1, 0.15) is 23.4 Å². The van der Waals surface area contributed by atoms with Crippen LogP contribution in [0.15, 0.2) is 42.5 Å². The van der Waals surface area contributed by atoms with Crippen molar-refractivity contribution in [1.82, 2.24) is 15.8 Å². The van der Waals surface area contributed by atoms with Crippen molar-refractivity contribution in [2.75, 3.05) is 45.3 Å². The summed E-state index contributed by atoms with van der Waals surface area (Å²) in [6.45, 7) is 2.37. The van der Waals surface area contributed by atoms with Crippen molar-refractivity contribution in [3.8, 4) is 11.5 Å². The molecule has 0 bridgehead atoms. The van der Waals surface area contributed by atoms with E-state index in [0.717, 1.165) is 17.1 Å². The van der Waals surface area contributed by atoms with E-state index < -0.39 is 0 Å². The van der Waals surface area contributed by atoms with Crippen LogP contribution in [0.1, 0.15) is 18.0 Å². The fraction of sp³-hybridized carbons (Fsp3) is 0.409. The number of nitrogens with one attached hydrogen (secondary N) is 2. The molecule has 30 heavy (non-hydrogen) atoms. The first-order valence-electron chi connectivity index (χ1n) is 10.1. The Kier molecular flexibility index (Phi) is 6.06. The van der Waals surface area contributed by atoms with Gasteiger partial charge >= 0.3 is 0 Å². The van der Waals surface area contributed by atoms with Gasteiger partial charge in [-0.1, -0.05) is 18.2 Å². The van der Waals surface area contributed by atoms with Gasteiger partial charge < -0.3 is 19.3 Å². The average Bonchev–Trinajstić information content (AvgIpc) is 3.28. The predicted molar refractivity (Wildman–Crippen MR) is 112 cm³/mol. The van der Waals surface area contributed by atoms with Gasteiger partial charge in [-0.05, 0) is 24.6 Å². The molecule has 2 aromatic rings. The molecular formula is C22H27FN4O3. The highest BCUT2D eigenvalue weighted by molar-refractivity contribution is 5.82. The monoisotopic (exact) mass is 414 g/mol. The molecule has 0 saturated carbocycles. The van der Waals surface area contributed by atoms with Gasteiger partial charge in [0.25, 0.3) is 0 Å². The van der Waals surface area contributed by atoms with Crippen molar-refractivity contribution >= 4 is 11.6 Å².